The van der Waals surface area contributed by atoms with Gasteiger partial charge in [0.25, 0.3) is 0 Å². The molecular weight excluding hydrogens is 285 g/mol. The Balaban J connectivity index is 3.54. The number of halogens is 4. The summed E-state index contributed by atoms with van der Waals surface area (Å²) in [5.74, 6) is 0. The number of rotatable bonds is 1. The Morgan fingerprint density at radius 3 is 1.43 bits per heavy atom. The third-order valence-electron chi connectivity index (χ3n) is 0.451. The fraction of sp³-hybridized carbons (Fsp3) is 1.00. The molecule has 0 rings (SSSR count). The van der Waals surface area contributed by atoms with Gasteiger partial charge in [-0.15, -0.1) is 0 Å². The van der Waals surface area contributed by atoms with Gasteiger partial charge >= 0.3 is 63.7 Å². The maximum atomic E-state index is 5.48. The number of alkyl halides is 1. The zero-order valence-electron chi connectivity index (χ0n) is 3.59. The molecule has 0 N–H and O–H groups in total. The molecule has 0 aromatic heterocycles. The van der Waals surface area contributed by atoms with Crippen LogP contribution in [-0.2, 0) is 0 Å². The molecule has 0 heterocycles. The SMILES string of the molecule is C[CH](Cl)[Sn]([Cl])([Cl])[Cl]. The first-order chi connectivity index (χ1) is 2.94. The third-order valence-corrected chi connectivity index (χ3v) is 14.1. The summed E-state index contributed by atoms with van der Waals surface area (Å²) in [4.78, 5) is 0. The summed E-state index contributed by atoms with van der Waals surface area (Å²) in [5.41, 5.74) is 0. The molecule has 0 aliphatic carbocycles. The number of hydrogen-bond donors (Lipinski definition) is 0. The first-order valence-corrected chi connectivity index (χ1v) is 14.6. The van der Waals surface area contributed by atoms with Crippen LogP contribution in [0, 0.1) is 0 Å². The van der Waals surface area contributed by atoms with E-state index in [1.807, 2.05) is 0 Å². The average Bonchev–Trinajstić information content (AvgIpc) is 1.31. The molecule has 0 nitrogen and oxygen atoms in total. The van der Waals surface area contributed by atoms with Crippen molar-refractivity contribution in [3.63, 3.8) is 0 Å². The maximum absolute atomic E-state index is 5.48. The zero-order chi connectivity index (χ0) is 6.08. The molecule has 0 bridgehead atoms. The Bertz CT molecular complexity index is 55.2. The summed E-state index contributed by atoms with van der Waals surface area (Å²) in [7, 11) is 16.4. The van der Waals surface area contributed by atoms with Gasteiger partial charge < -0.3 is 0 Å². The normalized spacial score (nSPS) is 16.7. The van der Waals surface area contributed by atoms with Gasteiger partial charge in [0.2, 0.25) is 0 Å². The van der Waals surface area contributed by atoms with Crippen molar-refractivity contribution in [2.24, 2.45) is 0 Å². The fourth-order valence-electron chi connectivity index (χ4n) is 0. The molecule has 0 spiro atoms. The molecule has 7 heavy (non-hydrogen) atoms. The van der Waals surface area contributed by atoms with E-state index < -0.39 is 15.0 Å². The summed E-state index contributed by atoms with van der Waals surface area (Å²) >= 11 is 2.27. The van der Waals surface area contributed by atoms with Crippen molar-refractivity contribution in [3.05, 3.63) is 0 Å². The van der Waals surface area contributed by atoms with E-state index >= 15 is 0 Å². The Hall–Kier alpha value is 1.96. The molecule has 0 saturated carbocycles. The van der Waals surface area contributed by atoms with Crippen LogP contribution in [0.15, 0.2) is 0 Å². The Kier molecular flexibility index (Phi) is 4.11. The van der Waals surface area contributed by atoms with Crippen LogP contribution in [-0.4, -0.2) is 18.4 Å². The summed E-state index contributed by atoms with van der Waals surface area (Å²) < 4.78 is -0.223. The summed E-state index contributed by atoms with van der Waals surface area (Å²) in [5, 5.41) is 0. The molecule has 0 aliphatic heterocycles. The minimum atomic E-state index is -3.18. The van der Waals surface area contributed by atoms with Gasteiger partial charge in [-0.3, -0.25) is 0 Å². The minimum absolute atomic E-state index is 0.223. The molecule has 44 valence electrons. The second kappa shape index (κ2) is 3.21. The molecule has 0 aromatic carbocycles. The Labute approximate surface area is 63.1 Å². The molecule has 0 aromatic rings. The van der Waals surface area contributed by atoms with Gasteiger partial charge in [0, 0.05) is 0 Å². The number of hydrogen-bond acceptors (Lipinski definition) is 0. The topological polar surface area (TPSA) is 0 Å². The van der Waals surface area contributed by atoms with Crippen LogP contribution in [0.3, 0.4) is 0 Å². The molecule has 5 heteroatoms. The van der Waals surface area contributed by atoms with E-state index in [0.717, 1.165) is 0 Å². The van der Waals surface area contributed by atoms with Gasteiger partial charge in [-0.25, -0.2) is 0 Å². The van der Waals surface area contributed by atoms with E-state index in [1.165, 1.54) is 0 Å². The summed E-state index contributed by atoms with van der Waals surface area (Å²) in [6, 6.07) is 0. The van der Waals surface area contributed by atoms with Crippen molar-refractivity contribution < 1.29 is 0 Å². The monoisotopic (exact) mass is 288 g/mol. The second-order valence-electron chi connectivity index (χ2n) is 1.16. The van der Waals surface area contributed by atoms with Crippen molar-refractivity contribution in [2.75, 3.05) is 0 Å². The first kappa shape index (κ1) is 8.96. The van der Waals surface area contributed by atoms with E-state index in [9.17, 15) is 0 Å². The van der Waals surface area contributed by atoms with Crippen molar-refractivity contribution in [1.82, 2.24) is 0 Å². The van der Waals surface area contributed by atoms with Gasteiger partial charge in [0.05, 0.1) is 0 Å². The van der Waals surface area contributed by atoms with Crippen LogP contribution in [0.1, 0.15) is 6.92 Å². The quantitative estimate of drug-likeness (QED) is 0.514. The molecule has 1 unspecified atom stereocenters. The third kappa shape index (κ3) is 4.46. The second-order valence-corrected chi connectivity index (χ2v) is 24.3. The molecule has 0 saturated heterocycles. The van der Waals surface area contributed by atoms with Crippen molar-refractivity contribution in [2.45, 2.75) is 10.3 Å². The van der Waals surface area contributed by atoms with Crippen molar-refractivity contribution >= 4 is 53.4 Å². The van der Waals surface area contributed by atoms with Crippen molar-refractivity contribution in [1.29, 1.82) is 0 Å². The van der Waals surface area contributed by atoms with Crippen LogP contribution in [0.25, 0.3) is 0 Å². The Morgan fingerprint density at radius 2 is 1.43 bits per heavy atom. The average molecular weight is 289 g/mol. The molecule has 0 amide bonds. The van der Waals surface area contributed by atoms with Gasteiger partial charge in [-0.1, -0.05) is 0 Å². The zero-order valence-corrected chi connectivity index (χ0v) is 9.47. The van der Waals surface area contributed by atoms with E-state index in [1.54, 1.807) is 6.92 Å². The van der Waals surface area contributed by atoms with Gasteiger partial charge in [0.1, 0.15) is 0 Å². The van der Waals surface area contributed by atoms with Crippen LogP contribution < -0.4 is 0 Å². The molecule has 1 atom stereocenters. The molecule has 0 aliphatic rings. The predicted octanol–water partition coefficient (Wildman–Crippen LogP) is 2.81. The van der Waals surface area contributed by atoms with Crippen molar-refractivity contribution in [3.8, 4) is 0 Å². The molecular formula is C2H4Cl4Sn. The van der Waals surface area contributed by atoms with E-state index in [2.05, 4.69) is 0 Å². The van der Waals surface area contributed by atoms with Crippen LogP contribution in [0.4, 0.5) is 0 Å². The molecule has 0 radical (unpaired) electrons. The molecule has 0 fully saturated rings. The first-order valence-electron chi connectivity index (χ1n) is 1.65. The van der Waals surface area contributed by atoms with E-state index in [4.69, 9.17) is 38.4 Å². The van der Waals surface area contributed by atoms with E-state index in [0.29, 0.717) is 0 Å². The van der Waals surface area contributed by atoms with Crippen LogP contribution in [0.5, 0.6) is 0 Å². The summed E-state index contributed by atoms with van der Waals surface area (Å²) in [6.45, 7) is 1.71. The fourth-order valence-corrected chi connectivity index (χ4v) is 0. The Morgan fingerprint density at radius 1 is 1.29 bits per heavy atom. The van der Waals surface area contributed by atoms with E-state index in [-0.39, 0.29) is 3.39 Å². The van der Waals surface area contributed by atoms with Crippen LogP contribution in [0.2, 0.25) is 0 Å². The predicted molar refractivity (Wildman–Crippen MR) is 38.6 cm³/mol. The van der Waals surface area contributed by atoms with Crippen LogP contribution >= 0.6 is 38.4 Å². The van der Waals surface area contributed by atoms with Gasteiger partial charge in [0.15, 0.2) is 0 Å². The standard InChI is InChI=1S/C2H4Cl.3ClH.Sn/c1-2-3;;;;/h2H,1H3;3*1H;/q;;;;+3/p-3. The van der Waals surface area contributed by atoms with Gasteiger partial charge in [-0.2, -0.15) is 0 Å². The summed E-state index contributed by atoms with van der Waals surface area (Å²) in [6.07, 6.45) is 0. The van der Waals surface area contributed by atoms with Gasteiger partial charge in [-0.05, 0) is 0 Å².